The highest BCUT2D eigenvalue weighted by atomic mass is 16.7. The Balaban J connectivity index is 2.75. The Kier molecular flexibility index (Phi) is 5.19. The predicted octanol–water partition coefficient (Wildman–Crippen LogP) is 1.31. The molecule has 0 amide bonds. The summed E-state index contributed by atoms with van der Waals surface area (Å²) < 4.78 is 10.2. The molecule has 0 fully saturated rings. The lowest BCUT2D eigenvalue weighted by molar-refractivity contribution is -0.575. The van der Waals surface area contributed by atoms with E-state index in [1.165, 1.54) is 4.57 Å². The van der Waals surface area contributed by atoms with Gasteiger partial charge in [0, 0.05) is 12.1 Å². The first-order chi connectivity index (χ1) is 9.08. The van der Waals surface area contributed by atoms with Crippen LogP contribution in [-0.2, 0) is 14.3 Å². The SMILES string of the molecule is C=C(CC(=O)C(=C=[N-])[n+]1ccccc1)OC(=O)OC. The van der Waals surface area contributed by atoms with Crippen LogP contribution < -0.4 is 4.57 Å². The number of hydrogen-bond donors (Lipinski definition) is 0. The Morgan fingerprint density at radius 1 is 1.32 bits per heavy atom. The van der Waals surface area contributed by atoms with Crippen molar-refractivity contribution in [3.8, 4) is 0 Å². The quantitative estimate of drug-likeness (QED) is 0.263. The van der Waals surface area contributed by atoms with Crippen molar-refractivity contribution in [2.75, 3.05) is 7.11 Å². The molecule has 0 spiro atoms. The summed E-state index contributed by atoms with van der Waals surface area (Å²) in [6.45, 7) is 3.42. The molecule has 0 aliphatic rings. The standard InChI is InChI=1S/C13H12N2O4/c1-10(19-13(17)18-2)8-12(16)11(9-14)15-6-4-3-5-7-15/h3-7H,1,8H2,2H3. The lowest BCUT2D eigenvalue weighted by Gasteiger charge is -2.04. The third-order valence-corrected chi connectivity index (χ3v) is 2.10. The molecule has 0 radical (unpaired) electrons. The van der Waals surface area contributed by atoms with Crippen LogP contribution in [0.15, 0.2) is 42.9 Å². The first kappa shape index (κ1) is 14.3. The van der Waals surface area contributed by atoms with E-state index in [0.717, 1.165) is 7.11 Å². The van der Waals surface area contributed by atoms with Crippen molar-refractivity contribution in [1.82, 2.24) is 0 Å². The zero-order valence-electron chi connectivity index (χ0n) is 10.3. The fourth-order valence-corrected chi connectivity index (χ4v) is 1.27. The van der Waals surface area contributed by atoms with Crippen LogP contribution in [0.5, 0.6) is 0 Å². The number of methoxy groups -OCH3 is 1. The van der Waals surface area contributed by atoms with E-state index in [0.29, 0.717) is 0 Å². The largest absolute Gasteiger partial charge is 0.758 e. The van der Waals surface area contributed by atoms with E-state index in [-0.39, 0.29) is 17.9 Å². The van der Waals surface area contributed by atoms with Crippen molar-refractivity contribution in [3.63, 3.8) is 0 Å². The molecule has 0 saturated heterocycles. The van der Waals surface area contributed by atoms with Crippen molar-refractivity contribution >= 4 is 23.5 Å². The maximum atomic E-state index is 11.9. The minimum atomic E-state index is -0.955. The minimum absolute atomic E-state index is 0.0823. The van der Waals surface area contributed by atoms with E-state index in [1.54, 1.807) is 30.6 Å². The molecule has 1 heterocycles. The Morgan fingerprint density at radius 2 is 1.95 bits per heavy atom. The molecule has 6 nitrogen and oxygen atoms in total. The molecular formula is C13H12N2O4. The molecule has 19 heavy (non-hydrogen) atoms. The summed E-state index contributed by atoms with van der Waals surface area (Å²) in [5, 5.41) is 9.00. The number of pyridine rings is 1. The summed E-state index contributed by atoms with van der Waals surface area (Å²) in [5.74, 6) is 1.22. The average molecular weight is 260 g/mol. The summed E-state index contributed by atoms with van der Waals surface area (Å²) in [7, 11) is 1.14. The van der Waals surface area contributed by atoms with Crippen LogP contribution in [-0.4, -0.2) is 24.9 Å². The number of Topliss-reactive ketones (excluding diaryl/α,β-unsaturated/α-hetero) is 1. The number of hydrogen-bond acceptors (Lipinski definition) is 4. The summed E-state index contributed by atoms with van der Waals surface area (Å²) >= 11 is 0. The van der Waals surface area contributed by atoms with Gasteiger partial charge in [0.05, 0.1) is 13.5 Å². The lowest BCUT2D eigenvalue weighted by Crippen LogP contribution is -2.35. The van der Waals surface area contributed by atoms with Crippen LogP contribution >= 0.6 is 0 Å². The van der Waals surface area contributed by atoms with Crippen LogP contribution in [0.2, 0.25) is 0 Å². The van der Waals surface area contributed by atoms with E-state index >= 15 is 0 Å². The van der Waals surface area contributed by atoms with Crippen LogP contribution in [0, 0.1) is 0 Å². The fraction of sp³-hybridized carbons (Fsp3) is 0.154. The van der Waals surface area contributed by atoms with Crippen LogP contribution in [0.3, 0.4) is 0 Å². The van der Waals surface area contributed by atoms with E-state index in [9.17, 15) is 9.59 Å². The van der Waals surface area contributed by atoms with Gasteiger partial charge in [-0.05, 0) is 0 Å². The van der Waals surface area contributed by atoms with Gasteiger partial charge >= 0.3 is 6.16 Å². The van der Waals surface area contributed by atoms with Gasteiger partial charge in [-0.1, -0.05) is 12.6 Å². The summed E-state index contributed by atoms with van der Waals surface area (Å²) in [6, 6.07) is 5.13. The van der Waals surface area contributed by atoms with Crippen molar-refractivity contribution in [2.45, 2.75) is 6.42 Å². The number of rotatable bonds is 5. The molecular weight excluding hydrogens is 248 g/mol. The Hall–Kier alpha value is -2.72. The fourth-order valence-electron chi connectivity index (χ4n) is 1.27. The highest BCUT2D eigenvalue weighted by Crippen LogP contribution is 2.07. The monoisotopic (exact) mass is 260 g/mol. The molecule has 1 rings (SSSR count). The number of carbonyl (C=O) groups excluding carboxylic acids is 2. The molecule has 1 aromatic heterocycles. The molecule has 98 valence electrons. The van der Waals surface area contributed by atoms with Gasteiger partial charge < -0.3 is 14.9 Å². The van der Waals surface area contributed by atoms with Gasteiger partial charge in [0.2, 0.25) is 5.78 Å². The van der Waals surface area contributed by atoms with E-state index in [2.05, 4.69) is 16.1 Å². The van der Waals surface area contributed by atoms with Crippen molar-refractivity contribution in [1.29, 1.82) is 0 Å². The van der Waals surface area contributed by atoms with Crippen molar-refractivity contribution in [3.05, 3.63) is 48.3 Å². The van der Waals surface area contributed by atoms with Gasteiger partial charge in [-0.2, -0.15) is 10.4 Å². The van der Waals surface area contributed by atoms with E-state index < -0.39 is 11.9 Å². The second kappa shape index (κ2) is 6.88. The average Bonchev–Trinajstić information content (AvgIpc) is 2.40. The Bertz CT molecular complexity index is 545. The molecule has 6 heteroatoms. The number of carbonyl (C=O) groups is 2. The molecule has 0 unspecified atom stereocenters. The highest BCUT2D eigenvalue weighted by Gasteiger charge is 2.20. The molecule has 0 saturated carbocycles. The summed E-state index contributed by atoms with van der Waals surface area (Å²) in [4.78, 5) is 22.7. The summed E-state index contributed by atoms with van der Waals surface area (Å²) in [6.07, 6.45) is 1.91. The summed E-state index contributed by atoms with van der Waals surface area (Å²) in [5.41, 5.74) is -0.0878. The van der Waals surface area contributed by atoms with Gasteiger partial charge in [0.25, 0.3) is 5.70 Å². The Morgan fingerprint density at radius 3 is 2.47 bits per heavy atom. The van der Waals surface area contributed by atoms with Gasteiger partial charge in [0.1, 0.15) is 5.76 Å². The second-order valence-corrected chi connectivity index (χ2v) is 3.44. The molecule has 0 N–H and O–H groups in total. The second-order valence-electron chi connectivity index (χ2n) is 3.44. The number of ketones is 1. The van der Waals surface area contributed by atoms with E-state index in [1.807, 2.05) is 5.87 Å². The number of ether oxygens (including phenoxy) is 2. The predicted molar refractivity (Wildman–Crippen MR) is 67.0 cm³/mol. The topological polar surface area (TPSA) is 78.8 Å². The molecule has 0 aromatic carbocycles. The van der Waals surface area contributed by atoms with Crippen LogP contribution in [0.1, 0.15) is 6.42 Å². The normalized spacial score (nSPS) is 9.11. The molecule has 0 aliphatic carbocycles. The first-order valence-electron chi connectivity index (χ1n) is 5.29. The third kappa shape index (κ3) is 4.22. The third-order valence-electron chi connectivity index (χ3n) is 2.10. The van der Waals surface area contributed by atoms with E-state index in [4.69, 9.17) is 5.41 Å². The first-order valence-corrected chi connectivity index (χ1v) is 5.29. The molecule has 0 aliphatic heterocycles. The smallest absolute Gasteiger partial charge is 0.513 e. The van der Waals surface area contributed by atoms with Crippen LogP contribution in [0.25, 0.3) is 11.1 Å². The lowest BCUT2D eigenvalue weighted by atomic mass is 10.2. The zero-order chi connectivity index (χ0) is 14.3. The van der Waals surface area contributed by atoms with Crippen molar-refractivity contribution < 1.29 is 23.6 Å². The maximum Gasteiger partial charge on any atom is 0.513 e. The number of nitrogens with zero attached hydrogens (tertiary/aromatic N) is 2. The van der Waals surface area contributed by atoms with Gasteiger partial charge in [-0.25, -0.2) is 4.79 Å². The van der Waals surface area contributed by atoms with Crippen molar-refractivity contribution in [2.24, 2.45) is 0 Å². The maximum absolute atomic E-state index is 11.9. The minimum Gasteiger partial charge on any atom is -0.758 e. The van der Waals surface area contributed by atoms with Crippen LogP contribution in [0.4, 0.5) is 4.79 Å². The van der Waals surface area contributed by atoms with Gasteiger partial charge in [0.15, 0.2) is 12.4 Å². The number of aromatic nitrogens is 1. The highest BCUT2D eigenvalue weighted by molar-refractivity contribution is 6.21. The number of allylic oxidation sites excluding steroid dienone is 2. The Labute approximate surface area is 110 Å². The van der Waals surface area contributed by atoms with Gasteiger partial charge in [-0.15, -0.1) is 0 Å². The molecule has 0 atom stereocenters. The zero-order valence-corrected chi connectivity index (χ0v) is 10.3. The molecule has 0 bridgehead atoms. The van der Waals surface area contributed by atoms with Gasteiger partial charge in [-0.3, -0.25) is 4.79 Å². The molecule has 1 aromatic rings.